The minimum atomic E-state index is 0.679. The Labute approximate surface area is 123 Å². The topological polar surface area (TPSA) is 9.72 Å². The van der Waals surface area contributed by atoms with Crippen LogP contribution in [0.5, 0.6) is 0 Å². The van der Waals surface area contributed by atoms with Gasteiger partial charge in [-0.05, 0) is 44.0 Å². The van der Waals surface area contributed by atoms with E-state index < -0.39 is 0 Å². The fourth-order valence-corrected chi connectivity index (χ4v) is 3.60. The summed E-state index contributed by atoms with van der Waals surface area (Å²) in [6.45, 7) is 7.29. The summed E-state index contributed by atoms with van der Waals surface area (Å²) in [4.78, 5) is 7.51. The summed E-state index contributed by atoms with van der Waals surface area (Å²) in [5, 5.41) is 0. The maximum absolute atomic E-state index is 2.69. The predicted octanol–water partition coefficient (Wildman–Crippen LogP) is 2.42. The summed E-state index contributed by atoms with van der Waals surface area (Å²) < 4.78 is 0. The van der Waals surface area contributed by atoms with Crippen LogP contribution in [0.2, 0.25) is 0 Å². The highest BCUT2D eigenvalue weighted by Crippen LogP contribution is 2.26. The van der Waals surface area contributed by atoms with Crippen LogP contribution in [0.15, 0.2) is 24.3 Å². The minimum absolute atomic E-state index is 0.679. The molecule has 2 heterocycles. The number of fused-ring (bicyclic) bond motifs is 1. The Morgan fingerprint density at radius 1 is 1.15 bits per heavy atom. The van der Waals surface area contributed by atoms with Gasteiger partial charge in [-0.1, -0.05) is 12.1 Å². The largest absolute Gasteiger partial charge is 0.378 e. The molecule has 0 amide bonds. The number of hydrogen-bond donors (Lipinski definition) is 0. The van der Waals surface area contributed by atoms with Crippen molar-refractivity contribution in [2.75, 3.05) is 38.6 Å². The average molecular weight is 273 g/mol. The van der Waals surface area contributed by atoms with E-state index in [1.807, 2.05) is 0 Å². The molecule has 0 aliphatic carbocycles. The summed E-state index contributed by atoms with van der Waals surface area (Å²) in [5.74, 6) is 0. The van der Waals surface area contributed by atoms with Gasteiger partial charge in [-0.15, -0.1) is 0 Å². The van der Waals surface area contributed by atoms with Gasteiger partial charge in [0.25, 0.3) is 0 Å². The van der Waals surface area contributed by atoms with Crippen LogP contribution in [-0.4, -0.2) is 55.6 Å². The molecular formula is C17H27N3. The molecule has 20 heavy (non-hydrogen) atoms. The molecule has 1 aromatic carbocycles. The molecule has 2 aliphatic heterocycles. The number of benzene rings is 1. The third kappa shape index (κ3) is 2.84. The summed E-state index contributed by atoms with van der Waals surface area (Å²) >= 11 is 0. The molecular weight excluding hydrogens is 246 g/mol. The molecule has 2 fully saturated rings. The molecule has 0 radical (unpaired) electrons. The Hall–Kier alpha value is -1.06. The molecule has 0 aromatic heterocycles. The van der Waals surface area contributed by atoms with Crippen molar-refractivity contribution in [2.45, 2.75) is 38.4 Å². The fraction of sp³-hybridized carbons (Fsp3) is 0.647. The first-order valence-corrected chi connectivity index (χ1v) is 7.88. The number of rotatable bonds is 3. The molecule has 0 bridgehead atoms. The van der Waals surface area contributed by atoms with Gasteiger partial charge in [0.15, 0.2) is 0 Å². The van der Waals surface area contributed by atoms with E-state index in [1.54, 1.807) is 0 Å². The minimum Gasteiger partial charge on any atom is -0.378 e. The van der Waals surface area contributed by atoms with E-state index in [1.165, 1.54) is 43.7 Å². The van der Waals surface area contributed by atoms with Gasteiger partial charge < -0.3 is 4.90 Å². The molecule has 0 saturated carbocycles. The van der Waals surface area contributed by atoms with E-state index in [0.717, 1.165) is 12.6 Å². The van der Waals surface area contributed by atoms with Gasteiger partial charge in [-0.25, -0.2) is 0 Å². The van der Waals surface area contributed by atoms with E-state index in [2.05, 4.69) is 60.0 Å². The molecule has 3 nitrogen and oxygen atoms in total. The van der Waals surface area contributed by atoms with E-state index in [9.17, 15) is 0 Å². The Bertz CT molecular complexity index is 440. The molecule has 3 rings (SSSR count). The second-order valence-electron chi connectivity index (χ2n) is 6.63. The molecule has 3 heteroatoms. The Morgan fingerprint density at radius 3 is 2.60 bits per heavy atom. The van der Waals surface area contributed by atoms with Gasteiger partial charge in [-0.3, -0.25) is 9.80 Å². The van der Waals surface area contributed by atoms with Crippen LogP contribution in [0.4, 0.5) is 5.69 Å². The smallest absolute Gasteiger partial charge is 0.0361 e. The fourth-order valence-electron chi connectivity index (χ4n) is 3.60. The standard InChI is InChI=1S/C17H27N3/c1-14-11-19-10-4-5-17(19)13-20(14)12-15-6-8-16(9-7-15)18(2)3/h6-9,14,17H,4-5,10-13H2,1-3H3/t14-,17-/m0/s1. The summed E-state index contributed by atoms with van der Waals surface area (Å²) in [6, 6.07) is 10.5. The van der Waals surface area contributed by atoms with Crippen molar-refractivity contribution in [3.63, 3.8) is 0 Å². The predicted molar refractivity (Wildman–Crippen MR) is 85.2 cm³/mol. The van der Waals surface area contributed by atoms with Gasteiger partial charge in [0, 0.05) is 51.5 Å². The van der Waals surface area contributed by atoms with Crippen LogP contribution in [0.1, 0.15) is 25.3 Å². The molecule has 2 saturated heterocycles. The zero-order chi connectivity index (χ0) is 14.1. The molecule has 2 atom stereocenters. The van der Waals surface area contributed by atoms with Crippen molar-refractivity contribution in [3.05, 3.63) is 29.8 Å². The molecule has 1 aromatic rings. The van der Waals surface area contributed by atoms with Crippen molar-refractivity contribution in [1.82, 2.24) is 9.80 Å². The van der Waals surface area contributed by atoms with E-state index in [0.29, 0.717) is 6.04 Å². The summed E-state index contributed by atoms with van der Waals surface area (Å²) in [6.07, 6.45) is 2.78. The Morgan fingerprint density at radius 2 is 1.90 bits per heavy atom. The first-order valence-electron chi connectivity index (χ1n) is 7.88. The van der Waals surface area contributed by atoms with Crippen LogP contribution in [0.25, 0.3) is 0 Å². The maximum atomic E-state index is 2.69. The molecule has 0 N–H and O–H groups in total. The van der Waals surface area contributed by atoms with Gasteiger partial charge >= 0.3 is 0 Å². The van der Waals surface area contributed by atoms with Crippen molar-refractivity contribution in [2.24, 2.45) is 0 Å². The van der Waals surface area contributed by atoms with Crippen LogP contribution >= 0.6 is 0 Å². The number of piperazine rings is 1. The highest BCUT2D eigenvalue weighted by atomic mass is 15.3. The summed E-state index contributed by atoms with van der Waals surface area (Å²) in [7, 11) is 4.19. The van der Waals surface area contributed by atoms with Gasteiger partial charge in [0.05, 0.1) is 0 Å². The maximum Gasteiger partial charge on any atom is 0.0361 e. The van der Waals surface area contributed by atoms with Crippen molar-refractivity contribution < 1.29 is 0 Å². The molecule has 110 valence electrons. The van der Waals surface area contributed by atoms with Crippen LogP contribution in [0.3, 0.4) is 0 Å². The lowest BCUT2D eigenvalue weighted by molar-refractivity contribution is 0.0540. The van der Waals surface area contributed by atoms with Crippen molar-refractivity contribution >= 4 is 5.69 Å². The normalized spacial score (nSPS) is 27.6. The second-order valence-corrected chi connectivity index (χ2v) is 6.63. The van der Waals surface area contributed by atoms with Gasteiger partial charge in [0.1, 0.15) is 0 Å². The lowest BCUT2D eigenvalue weighted by Gasteiger charge is -2.42. The SMILES string of the molecule is C[C@H]1CN2CCC[C@H]2CN1Cc1ccc(N(C)C)cc1. The van der Waals surface area contributed by atoms with E-state index >= 15 is 0 Å². The van der Waals surface area contributed by atoms with Crippen LogP contribution in [-0.2, 0) is 6.54 Å². The Kier molecular flexibility index (Phi) is 3.99. The highest BCUT2D eigenvalue weighted by molar-refractivity contribution is 5.45. The zero-order valence-corrected chi connectivity index (χ0v) is 13.0. The monoisotopic (exact) mass is 273 g/mol. The van der Waals surface area contributed by atoms with Crippen LogP contribution in [0, 0.1) is 0 Å². The highest BCUT2D eigenvalue weighted by Gasteiger charge is 2.34. The third-order valence-corrected chi connectivity index (χ3v) is 4.90. The molecule has 2 aliphatic rings. The lowest BCUT2D eigenvalue weighted by atomic mass is 10.1. The van der Waals surface area contributed by atoms with Gasteiger partial charge in [0.2, 0.25) is 0 Å². The average Bonchev–Trinajstić information content (AvgIpc) is 2.87. The molecule has 0 unspecified atom stereocenters. The zero-order valence-electron chi connectivity index (χ0n) is 13.0. The number of nitrogens with zero attached hydrogens (tertiary/aromatic N) is 3. The Balaban J connectivity index is 1.64. The number of hydrogen-bond acceptors (Lipinski definition) is 3. The molecule has 0 spiro atoms. The first kappa shape index (κ1) is 13.9. The quantitative estimate of drug-likeness (QED) is 0.837. The van der Waals surface area contributed by atoms with Crippen molar-refractivity contribution in [3.8, 4) is 0 Å². The second kappa shape index (κ2) is 5.74. The first-order chi connectivity index (χ1) is 9.63. The summed E-state index contributed by atoms with van der Waals surface area (Å²) in [5.41, 5.74) is 2.72. The van der Waals surface area contributed by atoms with E-state index in [-0.39, 0.29) is 0 Å². The number of anilines is 1. The van der Waals surface area contributed by atoms with Gasteiger partial charge in [-0.2, -0.15) is 0 Å². The third-order valence-electron chi connectivity index (χ3n) is 4.90. The van der Waals surface area contributed by atoms with Crippen LogP contribution < -0.4 is 4.90 Å². The van der Waals surface area contributed by atoms with Crippen molar-refractivity contribution in [1.29, 1.82) is 0 Å². The lowest BCUT2D eigenvalue weighted by Crippen LogP contribution is -2.54. The van der Waals surface area contributed by atoms with E-state index in [4.69, 9.17) is 0 Å².